The van der Waals surface area contributed by atoms with Crippen molar-refractivity contribution in [1.29, 1.82) is 0 Å². The van der Waals surface area contributed by atoms with E-state index in [9.17, 15) is 4.79 Å². The standard InChI is InChI=1S/C16H23N5O/c1-4-21(13(2)3)15-7-5-14(6-8-15)19-16(22)9-10-20-12-17-11-18-20/h5-8,11-13H,4,9-10H2,1-3H3,(H,19,22). The molecule has 22 heavy (non-hydrogen) atoms. The fourth-order valence-corrected chi connectivity index (χ4v) is 2.37. The number of aryl methyl sites for hydroxylation is 1. The van der Waals surface area contributed by atoms with Gasteiger partial charge in [-0.2, -0.15) is 5.10 Å². The minimum absolute atomic E-state index is 0.0283. The molecule has 0 unspecified atom stereocenters. The van der Waals surface area contributed by atoms with Crippen LogP contribution in [0.4, 0.5) is 11.4 Å². The maximum atomic E-state index is 11.9. The van der Waals surface area contributed by atoms with Crippen molar-refractivity contribution in [3.05, 3.63) is 36.9 Å². The topological polar surface area (TPSA) is 63.1 Å². The van der Waals surface area contributed by atoms with E-state index >= 15 is 0 Å². The summed E-state index contributed by atoms with van der Waals surface area (Å²) in [5.41, 5.74) is 1.98. The van der Waals surface area contributed by atoms with Crippen LogP contribution >= 0.6 is 0 Å². The van der Waals surface area contributed by atoms with Crippen LogP contribution in [-0.2, 0) is 11.3 Å². The average Bonchev–Trinajstić information content (AvgIpc) is 3.01. The second-order valence-corrected chi connectivity index (χ2v) is 5.38. The van der Waals surface area contributed by atoms with Gasteiger partial charge in [-0.15, -0.1) is 0 Å². The number of nitrogens with zero attached hydrogens (tertiary/aromatic N) is 4. The van der Waals surface area contributed by atoms with Crippen LogP contribution in [0.5, 0.6) is 0 Å². The van der Waals surface area contributed by atoms with Crippen LogP contribution in [0.15, 0.2) is 36.9 Å². The van der Waals surface area contributed by atoms with Gasteiger partial charge < -0.3 is 10.2 Å². The Morgan fingerprint density at radius 1 is 1.32 bits per heavy atom. The SMILES string of the molecule is CCN(c1ccc(NC(=O)CCn2cncn2)cc1)C(C)C. The Morgan fingerprint density at radius 2 is 2.05 bits per heavy atom. The maximum absolute atomic E-state index is 11.9. The Balaban J connectivity index is 1.89. The van der Waals surface area contributed by atoms with Crippen LogP contribution in [0, 0.1) is 0 Å². The van der Waals surface area contributed by atoms with E-state index in [0.717, 1.165) is 17.9 Å². The summed E-state index contributed by atoms with van der Waals surface area (Å²) >= 11 is 0. The summed E-state index contributed by atoms with van der Waals surface area (Å²) in [6.07, 6.45) is 3.44. The van der Waals surface area contributed by atoms with Crippen LogP contribution in [-0.4, -0.2) is 33.3 Å². The van der Waals surface area contributed by atoms with Crippen LogP contribution in [0.25, 0.3) is 0 Å². The zero-order valence-electron chi connectivity index (χ0n) is 13.4. The number of rotatable bonds is 7. The summed E-state index contributed by atoms with van der Waals surface area (Å²) in [4.78, 5) is 18.1. The molecule has 0 bridgehead atoms. The van der Waals surface area contributed by atoms with Gasteiger partial charge in [0.2, 0.25) is 5.91 Å². The molecule has 0 aliphatic heterocycles. The molecule has 1 aromatic carbocycles. The number of nitrogens with one attached hydrogen (secondary N) is 1. The molecule has 0 saturated heterocycles. The van der Waals surface area contributed by atoms with E-state index in [1.165, 1.54) is 6.33 Å². The lowest BCUT2D eigenvalue weighted by atomic mass is 10.2. The van der Waals surface area contributed by atoms with Gasteiger partial charge in [-0.25, -0.2) is 4.98 Å². The van der Waals surface area contributed by atoms with Gasteiger partial charge in [-0.05, 0) is 45.0 Å². The number of aromatic nitrogens is 3. The third kappa shape index (κ3) is 4.31. The van der Waals surface area contributed by atoms with Crippen molar-refractivity contribution in [3.8, 4) is 0 Å². The predicted molar refractivity (Wildman–Crippen MR) is 87.9 cm³/mol. The number of anilines is 2. The van der Waals surface area contributed by atoms with Crippen LogP contribution in [0.2, 0.25) is 0 Å². The first-order chi connectivity index (χ1) is 10.6. The Hall–Kier alpha value is -2.37. The summed E-state index contributed by atoms with van der Waals surface area (Å²) in [6.45, 7) is 7.97. The van der Waals surface area contributed by atoms with Crippen molar-refractivity contribution in [2.24, 2.45) is 0 Å². The number of amides is 1. The van der Waals surface area contributed by atoms with E-state index in [1.54, 1.807) is 11.0 Å². The predicted octanol–water partition coefficient (Wildman–Crippen LogP) is 2.54. The molecule has 6 nitrogen and oxygen atoms in total. The molecular weight excluding hydrogens is 278 g/mol. The first kappa shape index (κ1) is 16.0. The highest BCUT2D eigenvalue weighted by molar-refractivity contribution is 5.90. The summed E-state index contributed by atoms with van der Waals surface area (Å²) in [5, 5.41) is 6.87. The van der Waals surface area contributed by atoms with Crippen molar-refractivity contribution in [1.82, 2.24) is 14.8 Å². The number of benzene rings is 1. The van der Waals surface area contributed by atoms with Crippen molar-refractivity contribution < 1.29 is 4.79 Å². The normalized spacial score (nSPS) is 10.7. The summed E-state index contributed by atoms with van der Waals surface area (Å²) in [5.74, 6) is -0.0283. The van der Waals surface area contributed by atoms with E-state index in [4.69, 9.17) is 0 Å². The molecule has 2 aromatic rings. The molecule has 0 radical (unpaired) electrons. The van der Waals surface area contributed by atoms with Gasteiger partial charge in [0.1, 0.15) is 12.7 Å². The first-order valence-corrected chi connectivity index (χ1v) is 7.59. The van der Waals surface area contributed by atoms with Gasteiger partial charge in [-0.1, -0.05) is 0 Å². The van der Waals surface area contributed by atoms with Crippen molar-refractivity contribution in [2.45, 2.75) is 39.8 Å². The highest BCUT2D eigenvalue weighted by Gasteiger charge is 2.08. The number of carbonyl (C=O) groups excluding carboxylic acids is 1. The number of hydrogen-bond donors (Lipinski definition) is 1. The lowest BCUT2D eigenvalue weighted by Crippen LogP contribution is -2.30. The Morgan fingerprint density at radius 3 is 2.59 bits per heavy atom. The van der Waals surface area contributed by atoms with Crippen LogP contribution in [0.3, 0.4) is 0 Å². The summed E-state index contributed by atoms with van der Waals surface area (Å²) < 4.78 is 1.64. The summed E-state index contributed by atoms with van der Waals surface area (Å²) in [6, 6.07) is 8.40. The van der Waals surface area contributed by atoms with Gasteiger partial charge in [0.25, 0.3) is 0 Å². The molecule has 2 rings (SSSR count). The molecule has 1 aromatic heterocycles. The molecule has 1 amide bonds. The second kappa shape index (κ2) is 7.59. The lowest BCUT2D eigenvalue weighted by molar-refractivity contribution is -0.116. The monoisotopic (exact) mass is 301 g/mol. The molecule has 1 heterocycles. The molecular formula is C16H23N5O. The first-order valence-electron chi connectivity index (χ1n) is 7.59. The molecule has 118 valence electrons. The van der Waals surface area contributed by atoms with Gasteiger partial charge in [-0.3, -0.25) is 9.48 Å². The van der Waals surface area contributed by atoms with Gasteiger partial charge >= 0.3 is 0 Å². The molecule has 6 heteroatoms. The fraction of sp³-hybridized carbons (Fsp3) is 0.438. The van der Waals surface area contributed by atoms with Crippen LogP contribution in [0.1, 0.15) is 27.2 Å². The highest BCUT2D eigenvalue weighted by atomic mass is 16.1. The Bertz CT molecular complexity index is 577. The van der Waals surface area contributed by atoms with Gasteiger partial charge in [0.05, 0.1) is 6.54 Å². The minimum Gasteiger partial charge on any atom is -0.369 e. The van der Waals surface area contributed by atoms with E-state index in [0.29, 0.717) is 19.0 Å². The zero-order chi connectivity index (χ0) is 15.9. The quantitative estimate of drug-likeness (QED) is 0.853. The van der Waals surface area contributed by atoms with Crippen molar-refractivity contribution in [3.63, 3.8) is 0 Å². The third-order valence-corrected chi connectivity index (χ3v) is 3.48. The van der Waals surface area contributed by atoms with Gasteiger partial charge in [0.15, 0.2) is 0 Å². The summed E-state index contributed by atoms with van der Waals surface area (Å²) in [7, 11) is 0. The maximum Gasteiger partial charge on any atom is 0.226 e. The molecule has 0 spiro atoms. The Kier molecular flexibility index (Phi) is 5.52. The molecule has 0 saturated carbocycles. The van der Waals surface area contributed by atoms with E-state index in [-0.39, 0.29) is 5.91 Å². The Labute approximate surface area is 131 Å². The molecule has 0 atom stereocenters. The molecule has 0 fully saturated rings. The molecule has 0 aliphatic carbocycles. The van der Waals surface area contributed by atoms with E-state index in [1.807, 2.05) is 24.3 Å². The van der Waals surface area contributed by atoms with Crippen molar-refractivity contribution in [2.75, 3.05) is 16.8 Å². The average molecular weight is 301 g/mol. The zero-order valence-corrected chi connectivity index (χ0v) is 13.4. The largest absolute Gasteiger partial charge is 0.369 e. The highest BCUT2D eigenvalue weighted by Crippen LogP contribution is 2.19. The molecule has 0 aliphatic rings. The van der Waals surface area contributed by atoms with Crippen LogP contribution < -0.4 is 10.2 Å². The smallest absolute Gasteiger partial charge is 0.226 e. The second-order valence-electron chi connectivity index (χ2n) is 5.38. The lowest BCUT2D eigenvalue weighted by Gasteiger charge is -2.27. The fourth-order valence-electron chi connectivity index (χ4n) is 2.37. The number of hydrogen-bond acceptors (Lipinski definition) is 4. The van der Waals surface area contributed by atoms with Crippen molar-refractivity contribution >= 4 is 17.3 Å². The van der Waals surface area contributed by atoms with E-state index in [2.05, 4.69) is 41.1 Å². The third-order valence-electron chi connectivity index (χ3n) is 3.48. The van der Waals surface area contributed by atoms with Gasteiger partial charge in [0, 0.05) is 30.4 Å². The minimum atomic E-state index is -0.0283. The molecule has 1 N–H and O–H groups in total. The van der Waals surface area contributed by atoms with E-state index < -0.39 is 0 Å². The number of carbonyl (C=O) groups is 1.